The molecular weight excluding hydrogens is 313 g/mol. The molecule has 21 heavy (non-hydrogen) atoms. The van der Waals surface area contributed by atoms with Crippen LogP contribution in [0.3, 0.4) is 0 Å². The number of methoxy groups -OCH3 is 1. The standard InChI is InChI=1S/C15H13Cl2NO3/c1-20-11-4-2-9(13(17)7-11)8-21-14-5-3-10(16)6-12(14)15(18)19/h2-7H,8H2,1H3,(H2,18,19). The lowest BCUT2D eigenvalue weighted by Crippen LogP contribution is -2.13. The van der Waals surface area contributed by atoms with E-state index in [0.717, 1.165) is 5.56 Å². The smallest absolute Gasteiger partial charge is 0.252 e. The van der Waals surface area contributed by atoms with E-state index in [1.165, 1.54) is 6.07 Å². The number of rotatable bonds is 5. The fraction of sp³-hybridized carbons (Fsp3) is 0.133. The molecule has 6 heteroatoms. The first-order valence-corrected chi connectivity index (χ1v) is 6.81. The third-order valence-corrected chi connectivity index (χ3v) is 3.44. The second-order valence-corrected chi connectivity index (χ2v) is 5.09. The number of benzene rings is 2. The number of carbonyl (C=O) groups is 1. The number of primary amides is 1. The zero-order valence-electron chi connectivity index (χ0n) is 11.2. The quantitative estimate of drug-likeness (QED) is 0.912. The minimum absolute atomic E-state index is 0.199. The summed E-state index contributed by atoms with van der Waals surface area (Å²) in [6.45, 7) is 0.199. The summed E-state index contributed by atoms with van der Waals surface area (Å²) in [6.07, 6.45) is 0. The average Bonchev–Trinajstić information content (AvgIpc) is 2.46. The van der Waals surface area contributed by atoms with Crippen LogP contribution in [0.25, 0.3) is 0 Å². The fourth-order valence-corrected chi connectivity index (χ4v) is 2.15. The van der Waals surface area contributed by atoms with Gasteiger partial charge >= 0.3 is 0 Å². The van der Waals surface area contributed by atoms with Crippen LogP contribution in [0.15, 0.2) is 36.4 Å². The Balaban J connectivity index is 2.18. The van der Waals surface area contributed by atoms with Gasteiger partial charge in [0.25, 0.3) is 5.91 Å². The molecular formula is C15H13Cl2NO3. The zero-order valence-corrected chi connectivity index (χ0v) is 12.7. The van der Waals surface area contributed by atoms with Crippen LogP contribution >= 0.6 is 23.2 Å². The van der Waals surface area contributed by atoms with Crippen molar-refractivity contribution in [2.75, 3.05) is 7.11 Å². The van der Waals surface area contributed by atoms with Crippen molar-refractivity contribution in [3.05, 3.63) is 57.6 Å². The van der Waals surface area contributed by atoms with Crippen molar-refractivity contribution < 1.29 is 14.3 Å². The molecule has 1 amide bonds. The van der Waals surface area contributed by atoms with Crippen molar-refractivity contribution in [2.24, 2.45) is 5.73 Å². The Kier molecular flexibility index (Phi) is 4.94. The van der Waals surface area contributed by atoms with Gasteiger partial charge in [0.1, 0.15) is 18.1 Å². The first kappa shape index (κ1) is 15.5. The van der Waals surface area contributed by atoms with Gasteiger partial charge in [-0.1, -0.05) is 29.3 Å². The minimum Gasteiger partial charge on any atom is -0.497 e. The van der Waals surface area contributed by atoms with Gasteiger partial charge in [0.2, 0.25) is 0 Å². The molecule has 0 aliphatic heterocycles. The summed E-state index contributed by atoms with van der Waals surface area (Å²) in [5, 5.41) is 0.933. The normalized spacial score (nSPS) is 10.2. The summed E-state index contributed by atoms with van der Waals surface area (Å²) in [5.74, 6) is 0.417. The van der Waals surface area contributed by atoms with Gasteiger partial charge in [0.15, 0.2) is 0 Å². The molecule has 0 unspecified atom stereocenters. The van der Waals surface area contributed by atoms with Gasteiger partial charge < -0.3 is 15.2 Å². The molecule has 0 saturated carbocycles. The largest absolute Gasteiger partial charge is 0.497 e. The minimum atomic E-state index is -0.603. The van der Waals surface area contributed by atoms with Crippen molar-refractivity contribution in [1.82, 2.24) is 0 Å². The van der Waals surface area contributed by atoms with E-state index in [9.17, 15) is 4.79 Å². The molecule has 0 bridgehead atoms. The summed E-state index contributed by atoms with van der Waals surface area (Å²) < 4.78 is 10.7. The Morgan fingerprint density at radius 2 is 1.95 bits per heavy atom. The van der Waals surface area contributed by atoms with Gasteiger partial charge in [-0.3, -0.25) is 4.79 Å². The maximum atomic E-state index is 11.4. The lowest BCUT2D eigenvalue weighted by atomic mass is 10.2. The second-order valence-electron chi connectivity index (χ2n) is 4.25. The van der Waals surface area contributed by atoms with E-state index < -0.39 is 5.91 Å². The van der Waals surface area contributed by atoms with Crippen LogP contribution < -0.4 is 15.2 Å². The summed E-state index contributed by atoms with van der Waals surface area (Å²) in [5.41, 5.74) is 6.30. The molecule has 0 radical (unpaired) electrons. The molecule has 2 rings (SSSR count). The zero-order chi connectivity index (χ0) is 15.4. The maximum absolute atomic E-state index is 11.4. The van der Waals surface area contributed by atoms with E-state index in [1.807, 2.05) is 0 Å². The monoisotopic (exact) mass is 325 g/mol. The number of nitrogens with two attached hydrogens (primary N) is 1. The number of carbonyl (C=O) groups excluding carboxylic acids is 1. The van der Waals surface area contributed by atoms with Crippen molar-refractivity contribution in [1.29, 1.82) is 0 Å². The third-order valence-electron chi connectivity index (χ3n) is 2.85. The van der Waals surface area contributed by atoms with Crippen molar-refractivity contribution in [3.8, 4) is 11.5 Å². The number of hydrogen-bond donors (Lipinski definition) is 1. The molecule has 0 atom stereocenters. The van der Waals surface area contributed by atoms with Gasteiger partial charge in [-0.25, -0.2) is 0 Å². The molecule has 4 nitrogen and oxygen atoms in total. The highest BCUT2D eigenvalue weighted by Crippen LogP contribution is 2.26. The first-order chi connectivity index (χ1) is 10.0. The van der Waals surface area contributed by atoms with Crippen molar-refractivity contribution in [3.63, 3.8) is 0 Å². The lowest BCUT2D eigenvalue weighted by molar-refractivity contribution is 0.0996. The highest BCUT2D eigenvalue weighted by Gasteiger charge is 2.11. The molecule has 0 aliphatic rings. The number of hydrogen-bond acceptors (Lipinski definition) is 3. The third kappa shape index (κ3) is 3.80. The number of amides is 1. The molecule has 0 fully saturated rings. The average molecular weight is 326 g/mol. The van der Waals surface area contributed by atoms with E-state index in [1.54, 1.807) is 37.4 Å². The van der Waals surface area contributed by atoms with E-state index in [-0.39, 0.29) is 12.2 Å². The molecule has 2 N–H and O–H groups in total. The Morgan fingerprint density at radius 1 is 1.19 bits per heavy atom. The van der Waals surface area contributed by atoms with E-state index in [4.69, 9.17) is 38.4 Å². The first-order valence-electron chi connectivity index (χ1n) is 6.06. The Bertz CT molecular complexity index is 674. The van der Waals surface area contributed by atoms with Crippen LogP contribution in [0.1, 0.15) is 15.9 Å². The molecule has 0 saturated heterocycles. The predicted octanol–water partition coefficient (Wildman–Crippen LogP) is 3.68. The van der Waals surface area contributed by atoms with Gasteiger partial charge in [-0.2, -0.15) is 0 Å². The number of ether oxygens (including phenoxy) is 2. The summed E-state index contributed by atoms with van der Waals surface area (Å²) in [4.78, 5) is 11.4. The Morgan fingerprint density at radius 3 is 2.57 bits per heavy atom. The summed E-state index contributed by atoms with van der Waals surface area (Å²) in [6, 6.07) is 9.95. The Hall–Kier alpha value is -1.91. The van der Waals surface area contributed by atoms with E-state index in [2.05, 4.69) is 0 Å². The van der Waals surface area contributed by atoms with Crippen LogP contribution in [-0.2, 0) is 6.61 Å². The summed E-state index contributed by atoms with van der Waals surface area (Å²) in [7, 11) is 1.56. The molecule has 110 valence electrons. The molecule has 2 aromatic carbocycles. The second kappa shape index (κ2) is 6.70. The molecule has 0 aliphatic carbocycles. The highest BCUT2D eigenvalue weighted by atomic mass is 35.5. The van der Waals surface area contributed by atoms with Gasteiger partial charge in [-0.05, 0) is 30.3 Å². The molecule has 0 heterocycles. The Labute approximate surface area is 132 Å². The van der Waals surface area contributed by atoms with E-state index in [0.29, 0.717) is 21.5 Å². The van der Waals surface area contributed by atoms with Crippen molar-refractivity contribution >= 4 is 29.1 Å². The predicted molar refractivity (Wildman–Crippen MR) is 82.3 cm³/mol. The highest BCUT2D eigenvalue weighted by molar-refractivity contribution is 6.31. The molecule has 2 aromatic rings. The van der Waals surface area contributed by atoms with Crippen LogP contribution in [0.2, 0.25) is 10.0 Å². The van der Waals surface area contributed by atoms with Crippen LogP contribution in [-0.4, -0.2) is 13.0 Å². The van der Waals surface area contributed by atoms with Gasteiger partial charge in [-0.15, -0.1) is 0 Å². The lowest BCUT2D eigenvalue weighted by Gasteiger charge is -2.11. The van der Waals surface area contributed by atoms with Crippen LogP contribution in [0.5, 0.6) is 11.5 Å². The molecule has 0 aromatic heterocycles. The fourth-order valence-electron chi connectivity index (χ4n) is 1.75. The SMILES string of the molecule is COc1ccc(COc2ccc(Cl)cc2C(N)=O)c(Cl)c1. The van der Waals surface area contributed by atoms with Gasteiger partial charge in [0, 0.05) is 10.6 Å². The van der Waals surface area contributed by atoms with E-state index >= 15 is 0 Å². The van der Waals surface area contributed by atoms with Crippen LogP contribution in [0.4, 0.5) is 0 Å². The molecule has 0 spiro atoms. The van der Waals surface area contributed by atoms with Crippen molar-refractivity contribution in [2.45, 2.75) is 6.61 Å². The topological polar surface area (TPSA) is 61.6 Å². The van der Waals surface area contributed by atoms with Gasteiger partial charge in [0.05, 0.1) is 17.7 Å². The maximum Gasteiger partial charge on any atom is 0.252 e. The summed E-state index contributed by atoms with van der Waals surface area (Å²) >= 11 is 12.0. The number of halogens is 2. The van der Waals surface area contributed by atoms with Crippen LogP contribution in [0, 0.1) is 0 Å².